The second kappa shape index (κ2) is 5.92. The quantitative estimate of drug-likeness (QED) is 0.633. The zero-order valence-electron chi connectivity index (χ0n) is 12.7. The maximum Gasteiger partial charge on any atom is 0.260 e. The molecular weight excluding hydrogens is 301 g/mol. The minimum atomic E-state index is -0.658. The van der Waals surface area contributed by atoms with Crippen LogP contribution in [0.1, 0.15) is 17.3 Å². The zero-order chi connectivity index (χ0) is 16.6. The van der Waals surface area contributed by atoms with Gasteiger partial charge in [-0.15, -0.1) is 6.58 Å². The van der Waals surface area contributed by atoms with E-state index in [1.165, 1.54) is 13.0 Å². The highest BCUT2D eigenvalue weighted by atomic mass is 19.1. The van der Waals surface area contributed by atoms with Crippen molar-refractivity contribution in [1.29, 1.82) is 0 Å². The van der Waals surface area contributed by atoms with Gasteiger partial charge < -0.3 is 9.64 Å². The van der Waals surface area contributed by atoms with E-state index in [0.29, 0.717) is 25.6 Å². The van der Waals surface area contributed by atoms with E-state index in [1.54, 1.807) is 6.08 Å². The largest absolute Gasteiger partial charge is 0.377 e. The average Bonchev–Trinajstić information content (AvgIpc) is 2.54. The number of ketones is 1. The van der Waals surface area contributed by atoms with Gasteiger partial charge in [0.1, 0.15) is 11.6 Å². The van der Waals surface area contributed by atoms with E-state index < -0.39 is 11.4 Å². The molecule has 1 saturated heterocycles. The highest BCUT2D eigenvalue weighted by molar-refractivity contribution is 5.99. The lowest BCUT2D eigenvalue weighted by atomic mass is 10.2. The number of pyridine rings is 1. The first kappa shape index (κ1) is 15.4. The Morgan fingerprint density at radius 2 is 2.30 bits per heavy atom. The molecule has 1 aliphatic rings. The highest BCUT2D eigenvalue weighted by Gasteiger charge is 2.23. The van der Waals surface area contributed by atoms with E-state index in [-0.39, 0.29) is 23.0 Å². The molecule has 0 N–H and O–H groups in total. The molecule has 1 fully saturated rings. The molecule has 3 heterocycles. The first-order valence-corrected chi connectivity index (χ1v) is 7.22. The van der Waals surface area contributed by atoms with Gasteiger partial charge >= 0.3 is 0 Å². The Hall–Kier alpha value is -2.54. The number of carbonyl (C=O) groups is 1. The number of Topliss-reactive ketones (excluding diaryl/α,β-unsaturated/α-hetero) is 1. The Morgan fingerprint density at radius 1 is 1.52 bits per heavy atom. The van der Waals surface area contributed by atoms with E-state index >= 15 is 0 Å². The van der Waals surface area contributed by atoms with Crippen molar-refractivity contribution in [3.05, 3.63) is 52.7 Å². The molecule has 0 aliphatic carbocycles. The molecule has 0 amide bonds. The van der Waals surface area contributed by atoms with Gasteiger partial charge in [-0.25, -0.2) is 9.37 Å². The highest BCUT2D eigenvalue weighted by Crippen LogP contribution is 2.19. The smallest absolute Gasteiger partial charge is 0.260 e. The van der Waals surface area contributed by atoms with Crippen LogP contribution in [-0.2, 0) is 4.74 Å². The Labute approximate surface area is 131 Å². The molecule has 2 aromatic rings. The summed E-state index contributed by atoms with van der Waals surface area (Å²) >= 11 is 0. The molecular formula is C16H16FN3O3. The summed E-state index contributed by atoms with van der Waals surface area (Å²) in [6.45, 7) is 6.59. The third kappa shape index (κ3) is 2.75. The Morgan fingerprint density at radius 3 is 3.00 bits per heavy atom. The lowest BCUT2D eigenvalue weighted by Gasteiger charge is -2.34. The second-order valence-corrected chi connectivity index (χ2v) is 5.35. The van der Waals surface area contributed by atoms with Gasteiger partial charge in [0.15, 0.2) is 11.4 Å². The number of rotatable bonds is 3. The summed E-state index contributed by atoms with van der Waals surface area (Å²) in [6, 6.07) is 2.32. The molecule has 0 aromatic carbocycles. The molecule has 1 atom stereocenters. The fourth-order valence-electron chi connectivity index (χ4n) is 2.67. The van der Waals surface area contributed by atoms with Gasteiger partial charge in [-0.2, -0.15) is 0 Å². The number of hydrogen-bond acceptors (Lipinski definition) is 5. The van der Waals surface area contributed by atoms with E-state index in [1.807, 2.05) is 4.90 Å². The fourth-order valence-corrected chi connectivity index (χ4v) is 2.67. The van der Waals surface area contributed by atoms with E-state index in [0.717, 1.165) is 16.7 Å². The predicted octanol–water partition coefficient (Wildman–Crippen LogP) is 1.43. The maximum absolute atomic E-state index is 13.6. The van der Waals surface area contributed by atoms with Gasteiger partial charge in [-0.3, -0.25) is 14.0 Å². The lowest BCUT2D eigenvalue weighted by molar-refractivity contribution is 0.101. The number of hydrogen-bond donors (Lipinski definition) is 0. The maximum atomic E-state index is 13.6. The first-order valence-electron chi connectivity index (χ1n) is 7.22. The molecule has 3 rings (SSSR count). The first-order chi connectivity index (χ1) is 11.0. The molecule has 6 nitrogen and oxygen atoms in total. The van der Waals surface area contributed by atoms with Crippen molar-refractivity contribution in [2.24, 2.45) is 0 Å². The molecule has 0 spiro atoms. The van der Waals surface area contributed by atoms with Gasteiger partial charge in [0.05, 0.1) is 24.8 Å². The molecule has 2 aromatic heterocycles. The standard InChI is InChI=1S/C16H16FN3O3/c1-3-12-9-23-5-4-19(12)14-7-15(22)20-8-11(17)6-13(10(2)21)16(20)18-14/h3,6-8,12H,1,4-5,9H2,2H3/t12-/m1/s1. The van der Waals surface area contributed by atoms with Crippen LogP contribution < -0.4 is 10.5 Å². The van der Waals surface area contributed by atoms with Crippen LogP contribution in [0.4, 0.5) is 10.2 Å². The summed E-state index contributed by atoms with van der Waals surface area (Å²) in [6.07, 6.45) is 2.75. The summed E-state index contributed by atoms with van der Waals surface area (Å²) < 4.78 is 20.1. The molecule has 0 radical (unpaired) electrons. The van der Waals surface area contributed by atoms with E-state index in [2.05, 4.69) is 11.6 Å². The number of nitrogens with zero attached hydrogens (tertiary/aromatic N) is 3. The zero-order valence-corrected chi connectivity index (χ0v) is 12.7. The van der Waals surface area contributed by atoms with Crippen LogP contribution in [0.15, 0.2) is 35.8 Å². The van der Waals surface area contributed by atoms with Crippen LogP contribution in [0, 0.1) is 5.82 Å². The van der Waals surface area contributed by atoms with Crippen LogP contribution in [0.2, 0.25) is 0 Å². The number of fused-ring (bicyclic) bond motifs is 1. The summed E-state index contributed by atoms with van der Waals surface area (Å²) in [5, 5.41) is 0. The van der Waals surface area contributed by atoms with Crippen molar-refractivity contribution < 1.29 is 13.9 Å². The lowest BCUT2D eigenvalue weighted by Crippen LogP contribution is -2.45. The van der Waals surface area contributed by atoms with Crippen LogP contribution in [0.3, 0.4) is 0 Å². The van der Waals surface area contributed by atoms with Crippen LogP contribution >= 0.6 is 0 Å². The van der Waals surface area contributed by atoms with Crippen molar-refractivity contribution in [3.63, 3.8) is 0 Å². The summed E-state index contributed by atoms with van der Waals surface area (Å²) in [5.41, 5.74) is -0.218. The number of anilines is 1. The Bertz CT molecular complexity index is 846. The minimum absolute atomic E-state index is 0.0763. The fraction of sp³-hybridized carbons (Fsp3) is 0.312. The third-order valence-electron chi connectivity index (χ3n) is 3.83. The number of aromatic nitrogens is 2. The van der Waals surface area contributed by atoms with E-state index in [9.17, 15) is 14.0 Å². The second-order valence-electron chi connectivity index (χ2n) is 5.35. The van der Waals surface area contributed by atoms with Gasteiger partial charge in [0.2, 0.25) is 0 Å². The predicted molar refractivity (Wildman–Crippen MR) is 83.6 cm³/mol. The molecule has 120 valence electrons. The van der Waals surface area contributed by atoms with Crippen LogP contribution in [-0.4, -0.2) is 41.0 Å². The molecule has 1 aliphatic heterocycles. The SMILES string of the molecule is C=C[C@@H]1COCCN1c1cc(=O)n2cc(F)cc(C(C)=O)c2n1. The van der Waals surface area contributed by atoms with Gasteiger partial charge in [0.25, 0.3) is 5.56 Å². The number of carbonyl (C=O) groups excluding carboxylic acids is 1. The topological polar surface area (TPSA) is 63.9 Å². The van der Waals surface area contributed by atoms with Crippen molar-refractivity contribution in [2.45, 2.75) is 13.0 Å². The Kier molecular flexibility index (Phi) is 3.96. The van der Waals surface area contributed by atoms with E-state index in [4.69, 9.17) is 4.74 Å². The monoisotopic (exact) mass is 317 g/mol. The normalized spacial score (nSPS) is 18.2. The molecule has 0 unspecified atom stereocenters. The van der Waals surface area contributed by atoms with Crippen molar-refractivity contribution in [1.82, 2.24) is 9.38 Å². The number of morpholine rings is 1. The number of halogens is 1. The number of ether oxygens (including phenoxy) is 1. The molecule has 0 saturated carbocycles. The summed E-state index contributed by atoms with van der Waals surface area (Å²) in [5.74, 6) is -0.583. The van der Waals surface area contributed by atoms with Crippen molar-refractivity contribution in [3.8, 4) is 0 Å². The summed E-state index contributed by atoms with van der Waals surface area (Å²) in [4.78, 5) is 30.4. The summed E-state index contributed by atoms with van der Waals surface area (Å²) in [7, 11) is 0. The van der Waals surface area contributed by atoms with Gasteiger partial charge in [-0.05, 0) is 13.0 Å². The van der Waals surface area contributed by atoms with Crippen molar-refractivity contribution >= 4 is 17.2 Å². The van der Waals surface area contributed by atoms with Crippen LogP contribution in [0.5, 0.6) is 0 Å². The minimum Gasteiger partial charge on any atom is -0.377 e. The van der Waals surface area contributed by atoms with Crippen LogP contribution in [0.25, 0.3) is 5.65 Å². The molecule has 0 bridgehead atoms. The molecule has 23 heavy (non-hydrogen) atoms. The van der Waals surface area contributed by atoms with Crippen molar-refractivity contribution in [2.75, 3.05) is 24.7 Å². The third-order valence-corrected chi connectivity index (χ3v) is 3.83. The Balaban J connectivity index is 2.22. The van der Waals surface area contributed by atoms with Gasteiger partial charge in [-0.1, -0.05) is 6.08 Å². The molecule has 7 heteroatoms. The average molecular weight is 317 g/mol. The van der Waals surface area contributed by atoms with Gasteiger partial charge in [0, 0.05) is 18.8 Å².